The van der Waals surface area contributed by atoms with Crippen LogP contribution in [0, 0.1) is 6.92 Å². The summed E-state index contributed by atoms with van der Waals surface area (Å²) in [6.45, 7) is 8.84. The molecule has 0 aromatic heterocycles. The van der Waals surface area contributed by atoms with Crippen molar-refractivity contribution in [3.05, 3.63) is 29.3 Å². The Labute approximate surface area is 169 Å². The molecule has 1 aromatic carbocycles. The number of nitrogens with one attached hydrogen (secondary N) is 2. The van der Waals surface area contributed by atoms with Gasteiger partial charge in [-0.3, -0.25) is 4.90 Å². The Morgan fingerprint density at radius 3 is 2.79 bits per heavy atom. The molecule has 1 aliphatic heterocycles. The molecule has 0 spiro atoms. The molecule has 1 aromatic rings. The van der Waals surface area contributed by atoms with Crippen molar-refractivity contribution in [3.8, 4) is 0 Å². The van der Waals surface area contributed by atoms with Crippen LogP contribution in [0.5, 0.6) is 0 Å². The minimum atomic E-state index is -3.19. The molecule has 1 heterocycles. The van der Waals surface area contributed by atoms with Crippen molar-refractivity contribution < 1.29 is 13.2 Å². The van der Waals surface area contributed by atoms with Crippen LogP contribution in [0.3, 0.4) is 0 Å². The Morgan fingerprint density at radius 2 is 2.14 bits per heavy atom. The van der Waals surface area contributed by atoms with Gasteiger partial charge in [-0.1, -0.05) is 12.1 Å². The SMILES string of the molecule is CCNC(=NCc1ccc(S(C)(=O)=O)c(C)c1)NCC1CCCN1CCOC. The Balaban J connectivity index is 1.97. The average molecular weight is 411 g/mol. The highest BCUT2D eigenvalue weighted by Crippen LogP contribution is 2.17. The number of methoxy groups -OCH3 is 1. The van der Waals surface area contributed by atoms with E-state index in [0.717, 1.165) is 49.9 Å². The van der Waals surface area contributed by atoms with Gasteiger partial charge in [-0.25, -0.2) is 13.4 Å². The van der Waals surface area contributed by atoms with Gasteiger partial charge in [0.25, 0.3) is 0 Å². The fourth-order valence-corrected chi connectivity index (χ4v) is 4.54. The zero-order valence-corrected chi connectivity index (χ0v) is 18.3. The largest absolute Gasteiger partial charge is 0.383 e. The third kappa shape index (κ3) is 6.76. The molecule has 28 heavy (non-hydrogen) atoms. The number of hydrogen-bond donors (Lipinski definition) is 2. The Bertz CT molecular complexity index is 765. The quantitative estimate of drug-likeness (QED) is 0.475. The van der Waals surface area contributed by atoms with Crippen LogP contribution in [0.25, 0.3) is 0 Å². The molecule has 0 amide bonds. The van der Waals surface area contributed by atoms with E-state index < -0.39 is 9.84 Å². The number of sulfone groups is 1. The average Bonchev–Trinajstić information content (AvgIpc) is 3.08. The van der Waals surface area contributed by atoms with Crippen molar-refractivity contribution >= 4 is 15.8 Å². The van der Waals surface area contributed by atoms with Crippen LogP contribution >= 0.6 is 0 Å². The second kappa shape index (κ2) is 10.8. The molecule has 2 rings (SSSR count). The van der Waals surface area contributed by atoms with Gasteiger partial charge in [-0.05, 0) is 50.4 Å². The van der Waals surface area contributed by atoms with E-state index in [9.17, 15) is 8.42 Å². The summed E-state index contributed by atoms with van der Waals surface area (Å²) >= 11 is 0. The first-order valence-electron chi connectivity index (χ1n) is 9.90. The topological polar surface area (TPSA) is 83.0 Å². The molecular formula is C20H34N4O3S. The third-order valence-corrected chi connectivity index (χ3v) is 6.25. The highest BCUT2D eigenvalue weighted by molar-refractivity contribution is 7.90. The van der Waals surface area contributed by atoms with Crippen molar-refractivity contribution in [1.29, 1.82) is 0 Å². The van der Waals surface area contributed by atoms with Crippen molar-refractivity contribution in [2.75, 3.05) is 46.2 Å². The first-order chi connectivity index (χ1) is 13.3. The molecule has 1 saturated heterocycles. The van der Waals surface area contributed by atoms with Crippen molar-refractivity contribution in [2.45, 2.75) is 44.2 Å². The van der Waals surface area contributed by atoms with E-state index in [1.165, 1.54) is 19.1 Å². The van der Waals surface area contributed by atoms with E-state index in [2.05, 4.69) is 20.5 Å². The third-order valence-electron chi connectivity index (χ3n) is 4.99. The molecule has 1 unspecified atom stereocenters. The lowest BCUT2D eigenvalue weighted by molar-refractivity contribution is 0.141. The van der Waals surface area contributed by atoms with Gasteiger partial charge in [0.05, 0.1) is 18.0 Å². The van der Waals surface area contributed by atoms with E-state index in [-0.39, 0.29) is 0 Å². The molecular weight excluding hydrogens is 376 g/mol. The smallest absolute Gasteiger partial charge is 0.191 e. The van der Waals surface area contributed by atoms with Crippen LogP contribution in [-0.2, 0) is 21.1 Å². The summed E-state index contributed by atoms with van der Waals surface area (Å²) in [6, 6.07) is 5.89. The fourth-order valence-electron chi connectivity index (χ4n) is 3.58. The first kappa shape index (κ1) is 22.6. The lowest BCUT2D eigenvalue weighted by Crippen LogP contribution is -2.45. The fraction of sp³-hybridized carbons (Fsp3) is 0.650. The van der Waals surface area contributed by atoms with Gasteiger partial charge in [0.1, 0.15) is 0 Å². The second-order valence-corrected chi connectivity index (χ2v) is 9.26. The maximum atomic E-state index is 11.8. The van der Waals surface area contributed by atoms with Crippen molar-refractivity contribution in [3.63, 3.8) is 0 Å². The number of likely N-dealkylation sites (tertiary alicyclic amines) is 1. The Hall–Kier alpha value is -1.64. The summed E-state index contributed by atoms with van der Waals surface area (Å²) in [4.78, 5) is 7.51. The van der Waals surface area contributed by atoms with Crippen LogP contribution < -0.4 is 10.6 Å². The maximum absolute atomic E-state index is 11.8. The number of guanidine groups is 1. The van der Waals surface area contributed by atoms with Crippen molar-refractivity contribution in [1.82, 2.24) is 15.5 Å². The number of aryl methyl sites for hydroxylation is 1. The van der Waals surface area contributed by atoms with E-state index in [4.69, 9.17) is 4.74 Å². The number of ether oxygens (including phenoxy) is 1. The number of benzene rings is 1. The molecule has 1 fully saturated rings. The molecule has 0 saturated carbocycles. The first-order valence-corrected chi connectivity index (χ1v) is 11.8. The molecule has 8 heteroatoms. The van der Waals surface area contributed by atoms with E-state index >= 15 is 0 Å². The van der Waals surface area contributed by atoms with E-state index in [1.54, 1.807) is 13.2 Å². The summed E-state index contributed by atoms with van der Waals surface area (Å²) in [7, 11) is -1.45. The van der Waals surface area contributed by atoms with Crippen LogP contribution in [0.4, 0.5) is 0 Å². The predicted octanol–water partition coefficient (Wildman–Crippen LogP) is 1.56. The molecule has 7 nitrogen and oxygen atoms in total. The molecule has 158 valence electrons. The maximum Gasteiger partial charge on any atom is 0.191 e. The molecule has 1 aliphatic rings. The summed E-state index contributed by atoms with van der Waals surface area (Å²) < 4.78 is 28.7. The van der Waals surface area contributed by atoms with Gasteiger partial charge in [0.15, 0.2) is 15.8 Å². The standard InChI is InChI=1S/C20H34N4O3S/c1-5-21-20(23-15-18-7-6-10-24(18)11-12-27-3)22-14-17-8-9-19(16(2)13-17)28(4,25)26/h8-9,13,18H,5-7,10-12,14-15H2,1-4H3,(H2,21,22,23). The monoisotopic (exact) mass is 410 g/mol. The zero-order chi connectivity index (χ0) is 20.6. The Kier molecular flexibility index (Phi) is 8.72. The van der Waals surface area contributed by atoms with Crippen LogP contribution in [0.15, 0.2) is 28.1 Å². The normalized spacial score (nSPS) is 18.4. The van der Waals surface area contributed by atoms with E-state index in [0.29, 0.717) is 17.5 Å². The van der Waals surface area contributed by atoms with Gasteiger partial charge < -0.3 is 15.4 Å². The minimum Gasteiger partial charge on any atom is -0.383 e. The summed E-state index contributed by atoms with van der Waals surface area (Å²) in [6.07, 6.45) is 3.64. The summed E-state index contributed by atoms with van der Waals surface area (Å²) in [5, 5.41) is 6.73. The Morgan fingerprint density at radius 1 is 1.36 bits per heavy atom. The van der Waals surface area contributed by atoms with Gasteiger partial charge >= 0.3 is 0 Å². The van der Waals surface area contributed by atoms with Gasteiger partial charge in [-0.2, -0.15) is 0 Å². The van der Waals surface area contributed by atoms with Gasteiger partial charge in [-0.15, -0.1) is 0 Å². The summed E-state index contributed by atoms with van der Waals surface area (Å²) in [5.74, 6) is 0.783. The lowest BCUT2D eigenvalue weighted by atomic mass is 10.1. The van der Waals surface area contributed by atoms with Crippen LogP contribution in [0.1, 0.15) is 30.9 Å². The predicted molar refractivity (Wildman–Crippen MR) is 114 cm³/mol. The molecule has 0 bridgehead atoms. The number of nitrogens with zero attached hydrogens (tertiary/aromatic N) is 2. The van der Waals surface area contributed by atoms with Gasteiger partial charge in [0.2, 0.25) is 0 Å². The summed E-state index contributed by atoms with van der Waals surface area (Å²) in [5.41, 5.74) is 1.75. The lowest BCUT2D eigenvalue weighted by Gasteiger charge is -2.25. The highest BCUT2D eigenvalue weighted by atomic mass is 32.2. The second-order valence-electron chi connectivity index (χ2n) is 7.27. The van der Waals surface area contributed by atoms with Gasteiger partial charge in [0, 0.05) is 39.0 Å². The van der Waals surface area contributed by atoms with Crippen LogP contribution in [-0.4, -0.2) is 71.5 Å². The number of aliphatic imine (C=N–C) groups is 1. The van der Waals surface area contributed by atoms with Crippen molar-refractivity contribution in [2.24, 2.45) is 4.99 Å². The number of hydrogen-bond acceptors (Lipinski definition) is 5. The molecule has 0 radical (unpaired) electrons. The number of rotatable bonds is 9. The zero-order valence-electron chi connectivity index (χ0n) is 17.5. The highest BCUT2D eigenvalue weighted by Gasteiger charge is 2.23. The molecule has 1 atom stereocenters. The van der Waals surface area contributed by atoms with E-state index in [1.807, 2.05) is 26.0 Å². The van der Waals surface area contributed by atoms with Crippen LogP contribution in [0.2, 0.25) is 0 Å². The molecule has 0 aliphatic carbocycles. The molecule has 2 N–H and O–H groups in total. The minimum absolute atomic E-state index is 0.377.